The lowest BCUT2D eigenvalue weighted by Crippen LogP contribution is -2.29. The van der Waals surface area contributed by atoms with Gasteiger partial charge < -0.3 is 20.2 Å². The van der Waals surface area contributed by atoms with Crippen molar-refractivity contribution in [1.82, 2.24) is 9.97 Å². The Morgan fingerprint density at radius 3 is 2.42 bits per heavy atom. The Hall–Kier alpha value is -1.75. The van der Waals surface area contributed by atoms with E-state index in [1.54, 1.807) is 14.2 Å². The normalized spacial score (nSPS) is 12.9. The molecule has 0 bridgehead atoms. The van der Waals surface area contributed by atoms with Crippen molar-refractivity contribution in [2.75, 3.05) is 14.2 Å². The van der Waals surface area contributed by atoms with Crippen LogP contribution in [-0.2, 0) is 6.42 Å². The Balaban J connectivity index is 2.35. The molecule has 0 amide bonds. The molecule has 1 heterocycles. The monoisotopic (exact) mass is 263 g/mol. The number of fused-ring (bicyclic) bond motifs is 1. The minimum atomic E-state index is 0.101. The van der Waals surface area contributed by atoms with Crippen LogP contribution in [0.25, 0.3) is 11.0 Å². The standard InChI is InChI=1S/C14H21N3O2/c1-8(2)9(15)5-14-16-10-6-12(18-3)13(19-4)7-11(10)17-14/h6-9H,5,15H2,1-4H3,(H,16,17). The molecule has 1 atom stereocenters. The van der Waals surface area contributed by atoms with Gasteiger partial charge in [-0.05, 0) is 5.92 Å². The molecule has 0 spiro atoms. The first-order valence-electron chi connectivity index (χ1n) is 6.41. The fraction of sp³-hybridized carbons (Fsp3) is 0.500. The van der Waals surface area contributed by atoms with Gasteiger partial charge in [-0.25, -0.2) is 4.98 Å². The summed E-state index contributed by atoms with van der Waals surface area (Å²) >= 11 is 0. The van der Waals surface area contributed by atoms with Crippen molar-refractivity contribution in [1.29, 1.82) is 0 Å². The molecule has 0 aliphatic rings. The van der Waals surface area contributed by atoms with Crippen molar-refractivity contribution in [3.8, 4) is 11.5 Å². The lowest BCUT2D eigenvalue weighted by atomic mass is 10.0. The van der Waals surface area contributed by atoms with Gasteiger partial charge >= 0.3 is 0 Å². The molecule has 0 fully saturated rings. The fourth-order valence-corrected chi connectivity index (χ4v) is 1.95. The highest BCUT2D eigenvalue weighted by Gasteiger charge is 2.13. The summed E-state index contributed by atoms with van der Waals surface area (Å²) in [4.78, 5) is 7.83. The second-order valence-electron chi connectivity index (χ2n) is 5.02. The van der Waals surface area contributed by atoms with Gasteiger partial charge in [0.15, 0.2) is 11.5 Å². The lowest BCUT2D eigenvalue weighted by Gasteiger charge is -2.13. The highest BCUT2D eigenvalue weighted by atomic mass is 16.5. The first kappa shape index (κ1) is 13.7. The fourth-order valence-electron chi connectivity index (χ4n) is 1.95. The van der Waals surface area contributed by atoms with E-state index in [4.69, 9.17) is 15.2 Å². The van der Waals surface area contributed by atoms with E-state index in [-0.39, 0.29) is 6.04 Å². The van der Waals surface area contributed by atoms with Crippen molar-refractivity contribution >= 4 is 11.0 Å². The molecule has 19 heavy (non-hydrogen) atoms. The van der Waals surface area contributed by atoms with Gasteiger partial charge in [0, 0.05) is 24.6 Å². The smallest absolute Gasteiger partial charge is 0.163 e. The minimum absolute atomic E-state index is 0.101. The zero-order valence-electron chi connectivity index (χ0n) is 11.9. The zero-order chi connectivity index (χ0) is 14.0. The van der Waals surface area contributed by atoms with Crippen LogP contribution in [0.5, 0.6) is 11.5 Å². The number of H-pyrrole nitrogens is 1. The molecule has 0 saturated carbocycles. The van der Waals surface area contributed by atoms with E-state index >= 15 is 0 Å². The Morgan fingerprint density at radius 1 is 1.21 bits per heavy atom. The van der Waals surface area contributed by atoms with Crippen molar-refractivity contribution < 1.29 is 9.47 Å². The molecule has 0 radical (unpaired) electrons. The predicted molar refractivity (Wildman–Crippen MR) is 75.7 cm³/mol. The third-order valence-electron chi connectivity index (χ3n) is 3.32. The molecular weight excluding hydrogens is 242 g/mol. The summed E-state index contributed by atoms with van der Waals surface area (Å²) < 4.78 is 10.5. The maximum Gasteiger partial charge on any atom is 0.163 e. The van der Waals surface area contributed by atoms with E-state index in [0.29, 0.717) is 17.4 Å². The van der Waals surface area contributed by atoms with Gasteiger partial charge in [0.25, 0.3) is 0 Å². The second kappa shape index (κ2) is 5.48. The van der Waals surface area contributed by atoms with Crippen LogP contribution < -0.4 is 15.2 Å². The summed E-state index contributed by atoms with van der Waals surface area (Å²) in [5.74, 6) is 2.70. The van der Waals surface area contributed by atoms with Crippen LogP contribution in [-0.4, -0.2) is 30.2 Å². The number of hydrogen-bond acceptors (Lipinski definition) is 4. The predicted octanol–water partition coefficient (Wildman–Crippen LogP) is 2.11. The summed E-state index contributed by atoms with van der Waals surface area (Å²) in [5, 5.41) is 0. The zero-order valence-corrected chi connectivity index (χ0v) is 11.9. The molecule has 0 aliphatic heterocycles. The van der Waals surface area contributed by atoms with Crippen LogP contribution in [0.4, 0.5) is 0 Å². The van der Waals surface area contributed by atoms with Gasteiger partial charge in [-0.1, -0.05) is 13.8 Å². The number of imidazole rings is 1. The maximum atomic E-state index is 6.07. The summed E-state index contributed by atoms with van der Waals surface area (Å²) in [6.07, 6.45) is 0.733. The van der Waals surface area contributed by atoms with Gasteiger partial charge in [0.2, 0.25) is 0 Å². The SMILES string of the molecule is COc1cc2nc(CC(N)C(C)C)[nH]c2cc1OC. The van der Waals surface area contributed by atoms with Gasteiger partial charge in [-0.15, -0.1) is 0 Å². The van der Waals surface area contributed by atoms with Gasteiger partial charge in [-0.2, -0.15) is 0 Å². The highest BCUT2D eigenvalue weighted by Crippen LogP contribution is 2.31. The van der Waals surface area contributed by atoms with Crippen LogP contribution in [0.2, 0.25) is 0 Å². The van der Waals surface area contributed by atoms with E-state index in [1.807, 2.05) is 12.1 Å². The van der Waals surface area contributed by atoms with Crippen LogP contribution in [0.15, 0.2) is 12.1 Å². The van der Waals surface area contributed by atoms with Crippen molar-refractivity contribution in [3.63, 3.8) is 0 Å². The molecule has 104 valence electrons. The summed E-state index contributed by atoms with van der Waals surface area (Å²) in [6, 6.07) is 3.87. The molecule has 0 aliphatic carbocycles. The van der Waals surface area contributed by atoms with Crippen LogP contribution in [0.1, 0.15) is 19.7 Å². The van der Waals surface area contributed by atoms with Crippen LogP contribution in [0, 0.1) is 5.92 Å². The molecule has 0 saturated heterocycles. The number of nitrogens with zero attached hydrogens (tertiary/aromatic N) is 1. The Bertz CT molecular complexity index is 522. The Labute approximate surface area is 113 Å². The number of aromatic amines is 1. The number of methoxy groups -OCH3 is 2. The molecule has 5 nitrogen and oxygen atoms in total. The average Bonchev–Trinajstić information content (AvgIpc) is 2.77. The van der Waals surface area contributed by atoms with E-state index in [2.05, 4.69) is 23.8 Å². The average molecular weight is 263 g/mol. The quantitative estimate of drug-likeness (QED) is 0.866. The summed E-state index contributed by atoms with van der Waals surface area (Å²) in [7, 11) is 3.24. The van der Waals surface area contributed by atoms with E-state index in [0.717, 1.165) is 23.3 Å². The maximum absolute atomic E-state index is 6.07. The second-order valence-corrected chi connectivity index (χ2v) is 5.02. The topological polar surface area (TPSA) is 73.2 Å². The molecule has 5 heteroatoms. The third-order valence-corrected chi connectivity index (χ3v) is 3.32. The molecular formula is C14H21N3O2. The molecule has 1 unspecified atom stereocenters. The number of aromatic nitrogens is 2. The number of ether oxygens (including phenoxy) is 2. The van der Waals surface area contributed by atoms with Crippen molar-refractivity contribution in [2.45, 2.75) is 26.3 Å². The number of nitrogens with one attached hydrogen (secondary N) is 1. The van der Waals surface area contributed by atoms with Crippen molar-refractivity contribution in [2.24, 2.45) is 11.7 Å². The number of hydrogen-bond donors (Lipinski definition) is 2. The minimum Gasteiger partial charge on any atom is -0.493 e. The van der Waals surface area contributed by atoms with Gasteiger partial charge in [0.1, 0.15) is 5.82 Å². The number of nitrogens with two attached hydrogens (primary N) is 1. The van der Waals surface area contributed by atoms with Crippen LogP contribution in [0.3, 0.4) is 0 Å². The third kappa shape index (κ3) is 2.81. The first-order valence-corrected chi connectivity index (χ1v) is 6.41. The van der Waals surface area contributed by atoms with Gasteiger partial charge in [0.05, 0.1) is 25.3 Å². The van der Waals surface area contributed by atoms with Crippen molar-refractivity contribution in [3.05, 3.63) is 18.0 Å². The van der Waals surface area contributed by atoms with E-state index in [9.17, 15) is 0 Å². The summed E-state index contributed by atoms with van der Waals surface area (Å²) in [6.45, 7) is 4.22. The van der Waals surface area contributed by atoms with Gasteiger partial charge in [-0.3, -0.25) is 0 Å². The highest BCUT2D eigenvalue weighted by molar-refractivity contribution is 5.79. The Morgan fingerprint density at radius 2 is 1.84 bits per heavy atom. The summed E-state index contributed by atoms with van der Waals surface area (Å²) in [5.41, 5.74) is 7.87. The number of benzene rings is 1. The largest absolute Gasteiger partial charge is 0.493 e. The van der Waals surface area contributed by atoms with E-state index < -0.39 is 0 Å². The molecule has 2 aromatic rings. The molecule has 1 aromatic carbocycles. The lowest BCUT2D eigenvalue weighted by molar-refractivity contribution is 0.356. The number of rotatable bonds is 5. The first-order chi connectivity index (χ1) is 9.05. The molecule has 1 aromatic heterocycles. The molecule has 3 N–H and O–H groups in total. The van der Waals surface area contributed by atoms with E-state index in [1.165, 1.54) is 0 Å². The Kier molecular flexibility index (Phi) is 3.95. The molecule has 2 rings (SSSR count). The van der Waals surface area contributed by atoms with Crippen LogP contribution >= 0.6 is 0 Å².